The van der Waals surface area contributed by atoms with Crippen LogP contribution in [0.25, 0.3) is 0 Å². The lowest BCUT2D eigenvalue weighted by atomic mass is 10.1. The molecule has 1 aliphatic heterocycles. The van der Waals surface area contributed by atoms with Gasteiger partial charge in [-0.2, -0.15) is 0 Å². The van der Waals surface area contributed by atoms with Crippen LogP contribution >= 0.6 is 0 Å². The fraction of sp³-hybridized carbons (Fsp3) is 0.500. The summed E-state index contributed by atoms with van der Waals surface area (Å²) < 4.78 is 0. The van der Waals surface area contributed by atoms with E-state index in [9.17, 15) is 4.79 Å². The van der Waals surface area contributed by atoms with Crippen LogP contribution in [0.3, 0.4) is 0 Å². The van der Waals surface area contributed by atoms with Crippen LogP contribution in [-0.2, 0) is 4.79 Å². The molecule has 4 nitrogen and oxygen atoms in total. The van der Waals surface area contributed by atoms with E-state index in [1.165, 1.54) is 0 Å². The van der Waals surface area contributed by atoms with Crippen molar-refractivity contribution in [2.75, 3.05) is 38.6 Å². The van der Waals surface area contributed by atoms with Crippen LogP contribution in [-0.4, -0.2) is 50.6 Å². The molecule has 0 aromatic heterocycles. The molecule has 1 amide bonds. The van der Waals surface area contributed by atoms with Gasteiger partial charge in [-0.05, 0) is 39.2 Å². The number of amides is 1. The van der Waals surface area contributed by atoms with E-state index >= 15 is 0 Å². The molecule has 0 bridgehead atoms. The maximum Gasteiger partial charge on any atom is 0.244 e. The molecular formula is C14H21N3O. The van der Waals surface area contributed by atoms with Crippen LogP contribution in [0.5, 0.6) is 0 Å². The largest absolute Gasteiger partial charge is 0.320 e. The van der Waals surface area contributed by atoms with E-state index in [4.69, 9.17) is 0 Å². The first-order valence-corrected chi connectivity index (χ1v) is 6.45. The Morgan fingerprint density at radius 2 is 2.00 bits per heavy atom. The smallest absolute Gasteiger partial charge is 0.244 e. The quantitative estimate of drug-likeness (QED) is 0.860. The minimum Gasteiger partial charge on any atom is -0.320 e. The SMILES string of the molecule is CNCCC1C(=O)N(c2ccccc2)CCN1C. The zero-order chi connectivity index (χ0) is 13.0. The molecule has 0 saturated carbocycles. The standard InChI is InChI=1S/C14H21N3O/c1-15-9-8-13-14(18)17(11-10-16(13)2)12-6-4-3-5-7-12/h3-7,13,15H,8-11H2,1-2H3. The number of nitrogens with one attached hydrogen (secondary N) is 1. The summed E-state index contributed by atoms with van der Waals surface area (Å²) in [5.74, 6) is 0.213. The van der Waals surface area contributed by atoms with E-state index in [0.717, 1.165) is 31.7 Å². The van der Waals surface area contributed by atoms with E-state index in [0.29, 0.717) is 0 Å². The lowest BCUT2D eigenvalue weighted by molar-refractivity contribution is -0.125. The fourth-order valence-corrected chi connectivity index (χ4v) is 2.38. The van der Waals surface area contributed by atoms with Gasteiger partial charge in [-0.25, -0.2) is 0 Å². The molecule has 1 aromatic carbocycles. The zero-order valence-electron chi connectivity index (χ0n) is 11.1. The summed E-state index contributed by atoms with van der Waals surface area (Å²) >= 11 is 0. The third-order valence-electron chi connectivity index (χ3n) is 3.50. The molecule has 1 heterocycles. The number of hydrogen-bond donors (Lipinski definition) is 1. The molecule has 1 unspecified atom stereocenters. The van der Waals surface area contributed by atoms with Crippen LogP contribution < -0.4 is 10.2 Å². The molecule has 0 spiro atoms. The lowest BCUT2D eigenvalue weighted by Crippen LogP contribution is -2.56. The summed E-state index contributed by atoms with van der Waals surface area (Å²) in [4.78, 5) is 16.6. The van der Waals surface area contributed by atoms with Gasteiger partial charge in [-0.15, -0.1) is 0 Å². The molecule has 1 N–H and O–H groups in total. The molecule has 1 aromatic rings. The van der Waals surface area contributed by atoms with Gasteiger partial charge in [0.05, 0.1) is 6.04 Å². The number of hydrogen-bond acceptors (Lipinski definition) is 3. The minimum absolute atomic E-state index is 0.00796. The normalized spacial score (nSPS) is 21.3. The summed E-state index contributed by atoms with van der Waals surface area (Å²) in [5, 5.41) is 3.11. The molecule has 98 valence electrons. The van der Waals surface area contributed by atoms with Gasteiger partial charge in [-0.1, -0.05) is 18.2 Å². The zero-order valence-corrected chi connectivity index (χ0v) is 11.1. The maximum atomic E-state index is 12.5. The van der Waals surface area contributed by atoms with Crippen LogP contribution in [0.1, 0.15) is 6.42 Å². The van der Waals surface area contributed by atoms with Crippen molar-refractivity contribution in [3.63, 3.8) is 0 Å². The van der Waals surface area contributed by atoms with Gasteiger partial charge in [0.25, 0.3) is 0 Å². The fourth-order valence-electron chi connectivity index (χ4n) is 2.38. The molecule has 1 aliphatic rings. The Balaban J connectivity index is 2.12. The Morgan fingerprint density at radius 3 is 2.67 bits per heavy atom. The van der Waals surface area contributed by atoms with Crippen molar-refractivity contribution in [3.8, 4) is 0 Å². The summed E-state index contributed by atoms with van der Waals surface area (Å²) in [6.07, 6.45) is 0.856. The number of carbonyl (C=O) groups is 1. The van der Waals surface area contributed by atoms with Gasteiger partial charge in [-0.3, -0.25) is 9.69 Å². The molecule has 1 atom stereocenters. The Kier molecular flexibility index (Phi) is 4.33. The highest BCUT2D eigenvalue weighted by molar-refractivity contribution is 5.97. The first-order chi connectivity index (χ1) is 8.74. The van der Waals surface area contributed by atoms with Crippen LogP contribution in [0, 0.1) is 0 Å². The predicted octanol–water partition coefficient (Wildman–Crippen LogP) is 0.943. The van der Waals surface area contributed by atoms with E-state index in [-0.39, 0.29) is 11.9 Å². The summed E-state index contributed by atoms with van der Waals surface area (Å²) in [5.41, 5.74) is 1.00. The number of anilines is 1. The van der Waals surface area contributed by atoms with Crippen LogP contribution in [0.2, 0.25) is 0 Å². The number of benzene rings is 1. The van der Waals surface area contributed by atoms with Crippen molar-refractivity contribution in [1.29, 1.82) is 0 Å². The number of nitrogens with zero attached hydrogens (tertiary/aromatic N) is 2. The number of carbonyl (C=O) groups excluding carboxylic acids is 1. The first-order valence-electron chi connectivity index (χ1n) is 6.45. The Morgan fingerprint density at radius 1 is 1.28 bits per heavy atom. The van der Waals surface area contributed by atoms with Crippen molar-refractivity contribution in [2.45, 2.75) is 12.5 Å². The van der Waals surface area contributed by atoms with Gasteiger partial charge < -0.3 is 10.2 Å². The molecular weight excluding hydrogens is 226 g/mol. The average Bonchev–Trinajstić information content (AvgIpc) is 2.40. The van der Waals surface area contributed by atoms with E-state index in [2.05, 4.69) is 10.2 Å². The van der Waals surface area contributed by atoms with Crippen molar-refractivity contribution in [2.24, 2.45) is 0 Å². The maximum absolute atomic E-state index is 12.5. The van der Waals surface area contributed by atoms with Gasteiger partial charge in [0, 0.05) is 18.8 Å². The van der Waals surface area contributed by atoms with Gasteiger partial charge in [0.15, 0.2) is 0 Å². The van der Waals surface area contributed by atoms with E-state index < -0.39 is 0 Å². The Hall–Kier alpha value is -1.39. The molecule has 18 heavy (non-hydrogen) atoms. The summed E-state index contributed by atoms with van der Waals surface area (Å²) in [6, 6.07) is 9.91. The second kappa shape index (κ2) is 5.98. The monoisotopic (exact) mass is 247 g/mol. The van der Waals surface area contributed by atoms with Crippen molar-refractivity contribution >= 4 is 11.6 Å². The highest BCUT2D eigenvalue weighted by atomic mass is 16.2. The second-order valence-corrected chi connectivity index (χ2v) is 4.71. The average molecular weight is 247 g/mol. The summed E-state index contributed by atoms with van der Waals surface area (Å²) in [7, 11) is 3.95. The molecule has 2 rings (SSSR count). The van der Waals surface area contributed by atoms with E-state index in [1.807, 2.05) is 49.3 Å². The molecule has 1 saturated heterocycles. The lowest BCUT2D eigenvalue weighted by Gasteiger charge is -2.38. The van der Waals surface area contributed by atoms with Gasteiger partial charge in [0.2, 0.25) is 5.91 Å². The molecule has 0 radical (unpaired) electrons. The number of likely N-dealkylation sites (N-methyl/N-ethyl adjacent to an activating group) is 1. The number of piperazine rings is 1. The van der Waals surface area contributed by atoms with E-state index in [1.54, 1.807) is 0 Å². The molecule has 0 aliphatic carbocycles. The van der Waals surface area contributed by atoms with Gasteiger partial charge >= 0.3 is 0 Å². The third kappa shape index (κ3) is 2.71. The highest BCUT2D eigenvalue weighted by Gasteiger charge is 2.32. The first kappa shape index (κ1) is 13.1. The minimum atomic E-state index is -0.00796. The second-order valence-electron chi connectivity index (χ2n) is 4.71. The van der Waals surface area contributed by atoms with Crippen LogP contribution in [0.4, 0.5) is 5.69 Å². The number of para-hydroxylation sites is 1. The summed E-state index contributed by atoms with van der Waals surface area (Å²) in [6.45, 7) is 2.56. The molecule has 4 heteroatoms. The highest BCUT2D eigenvalue weighted by Crippen LogP contribution is 2.20. The van der Waals surface area contributed by atoms with Crippen molar-refractivity contribution in [1.82, 2.24) is 10.2 Å². The predicted molar refractivity (Wildman–Crippen MR) is 73.8 cm³/mol. The Bertz CT molecular complexity index is 393. The van der Waals surface area contributed by atoms with Crippen molar-refractivity contribution in [3.05, 3.63) is 30.3 Å². The van der Waals surface area contributed by atoms with Crippen molar-refractivity contribution < 1.29 is 4.79 Å². The third-order valence-corrected chi connectivity index (χ3v) is 3.50. The topological polar surface area (TPSA) is 35.6 Å². The molecule has 1 fully saturated rings. The Labute approximate surface area is 109 Å². The van der Waals surface area contributed by atoms with Gasteiger partial charge in [0.1, 0.15) is 0 Å². The number of rotatable bonds is 4. The van der Waals surface area contributed by atoms with Crippen LogP contribution in [0.15, 0.2) is 30.3 Å².